The molecule has 0 amide bonds. The maximum Gasteiger partial charge on any atom is 0.0885 e. The van der Waals surface area contributed by atoms with E-state index >= 15 is 0 Å². The number of hydrogen-bond donors (Lipinski definition) is 0. The molecular formula is C13H16N2. The van der Waals surface area contributed by atoms with Crippen molar-refractivity contribution in [3.8, 4) is 0 Å². The van der Waals surface area contributed by atoms with Crippen molar-refractivity contribution in [2.24, 2.45) is 5.92 Å². The van der Waals surface area contributed by atoms with Crippen molar-refractivity contribution in [3.05, 3.63) is 36.3 Å². The van der Waals surface area contributed by atoms with Crippen LogP contribution in [0.5, 0.6) is 0 Å². The highest BCUT2D eigenvalue weighted by atomic mass is 14.7. The third-order valence-electron chi connectivity index (χ3n) is 2.98. The van der Waals surface area contributed by atoms with Crippen molar-refractivity contribution in [2.45, 2.75) is 26.7 Å². The molecule has 0 N–H and O–H groups in total. The summed E-state index contributed by atoms with van der Waals surface area (Å²) in [5, 5.41) is 1.18. The molecule has 0 aliphatic carbocycles. The molecule has 0 bridgehead atoms. The van der Waals surface area contributed by atoms with E-state index in [1.807, 2.05) is 12.3 Å². The molecule has 0 aliphatic heterocycles. The highest BCUT2D eigenvalue weighted by Gasteiger charge is 2.11. The van der Waals surface area contributed by atoms with E-state index < -0.39 is 0 Å². The molecule has 2 nitrogen and oxygen atoms in total. The van der Waals surface area contributed by atoms with Crippen LogP contribution in [0, 0.1) is 5.92 Å². The summed E-state index contributed by atoms with van der Waals surface area (Å²) in [5.74, 6) is 1.11. The van der Waals surface area contributed by atoms with Gasteiger partial charge in [-0.3, -0.25) is 9.97 Å². The Balaban J connectivity index is 2.47. The van der Waals surface area contributed by atoms with Crippen LogP contribution in [0.4, 0.5) is 0 Å². The van der Waals surface area contributed by atoms with Gasteiger partial charge in [0.05, 0.1) is 11.7 Å². The Morgan fingerprint density at radius 1 is 1.13 bits per heavy atom. The van der Waals surface area contributed by atoms with E-state index in [9.17, 15) is 0 Å². The summed E-state index contributed by atoms with van der Waals surface area (Å²) >= 11 is 0. The number of hydrogen-bond acceptors (Lipinski definition) is 2. The first kappa shape index (κ1) is 10.1. The zero-order chi connectivity index (χ0) is 10.8. The standard InChI is InChI=1S/C13H16N2/c1-9(2)10(3)12-7-11-5-4-6-14-13(11)8-15-12/h4-10H,1-3H3. The van der Waals surface area contributed by atoms with Gasteiger partial charge in [-0.2, -0.15) is 0 Å². The summed E-state index contributed by atoms with van der Waals surface area (Å²) in [7, 11) is 0. The summed E-state index contributed by atoms with van der Waals surface area (Å²) in [6, 6.07) is 6.19. The minimum Gasteiger partial charge on any atom is -0.259 e. The van der Waals surface area contributed by atoms with Gasteiger partial charge in [0.1, 0.15) is 0 Å². The fraction of sp³-hybridized carbons (Fsp3) is 0.385. The molecule has 2 aromatic rings. The van der Waals surface area contributed by atoms with Crippen LogP contribution in [0.25, 0.3) is 10.9 Å². The third kappa shape index (κ3) is 1.99. The second kappa shape index (κ2) is 3.97. The van der Waals surface area contributed by atoms with Crippen LogP contribution in [0.1, 0.15) is 32.4 Å². The molecule has 0 fully saturated rings. The maximum atomic E-state index is 4.47. The van der Waals surface area contributed by atoms with Crippen LogP contribution >= 0.6 is 0 Å². The Morgan fingerprint density at radius 3 is 2.67 bits per heavy atom. The maximum absolute atomic E-state index is 4.47. The van der Waals surface area contributed by atoms with E-state index in [1.165, 1.54) is 5.39 Å². The van der Waals surface area contributed by atoms with E-state index in [-0.39, 0.29) is 0 Å². The lowest BCUT2D eigenvalue weighted by molar-refractivity contribution is 0.524. The fourth-order valence-corrected chi connectivity index (χ4v) is 1.58. The average molecular weight is 200 g/mol. The number of rotatable bonds is 2. The van der Waals surface area contributed by atoms with Gasteiger partial charge in [-0.1, -0.05) is 26.8 Å². The summed E-state index contributed by atoms with van der Waals surface area (Å²) in [6.07, 6.45) is 3.67. The van der Waals surface area contributed by atoms with Gasteiger partial charge in [0.25, 0.3) is 0 Å². The molecule has 1 atom stereocenters. The Labute approximate surface area is 90.4 Å². The number of aromatic nitrogens is 2. The lowest BCUT2D eigenvalue weighted by Crippen LogP contribution is -2.04. The molecule has 2 rings (SSSR count). The zero-order valence-corrected chi connectivity index (χ0v) is 9.44. The first-order valence-electron chi connectivity index (χ1n) is 5.39. The van der Waals surface area contributed by atoms with Crippen molar-refractivity contribution >= 4 is 10.9 Å². The van der Waals surface area contributed by atoms with E-state index in [1.54, 1.807) is 6.20 Å². The molecule has 1 unspecified atom stereocenters. The second-order valence-electron chi connectivity index (χ2n) is 4.34. The van der Waals surface area contributed by atoms with Crippen molar-refractivity contribution in [2.75, 3.05) is 0 Å². The Bertz CT molecular complexity index is 463. The topological polar surface area (TPSA) is 25.8 Å². The lowest BCUT2D eigenvalue weighted by Gasteiger charge is -2.14. The van der Waals surface area contributed by atoms with Gasteiger partial charge in [-0.25, -0.2) is 0 Å². The molecular weight excluding hydrogens is 184 g/mol. The van der Waals surface area contributed by atoms with E-state index in [2.05, 4.69) is 42.9 Å². The molecule has 15 heavy (non-hydrogen) atoms. The van der Waals surface area contributed by atoms with Crippen LogP contribution in [0.15, 0.2) is 30.6 Å². The van der Waals surface area contributed by atoms with Crippen molar-refractivity contribution in [1.82, 2.24) is 9.97 Å². The van der Waals surface area contributed by atoms with Gasteiger partial charge >= 0.3 is 0 Å². The average Bonchev–Trinajstić information content (AvgIpc) is 2.27. The number of fused-ring (bicyclic) bond motifs is 1. The molecule has 0 radical (unpaired) electrons. The molecule has 2 aromatic heterocycles. The predicted octanol–water partition coefficient (Wildman–Crippen LogP) is 3.39. The van der Waals surface area contributed by atoms with Gasteiger partial charge in [0.15, 0.2) is 0 Å². The molecule has 0 saturated carbocycles. The largest absolute Gasteiger partial charge is 0.259 e. The monoisotopic (exact) mass is 200 g/mol. The number of pyridine rings is 2. The first-order chi connectivity index (χ1) is 7.18. The van der Waals surface area contributed by atoms with E-state index in [4.69, 9.17) is 0 Å². The van der Waals surface area contributed by atoms with Crippen LogP contribution < -0.4 is 0 Å². The summed E-state index contributed by atoms with van der Waals surface area (Å²) < 4.78 is 0. The van der Waals surface area contributed by atoms with E-state index in [0.29, 0.717) is 11.8 Å². The molecule has 2 heteroatoms. The van der Waals surface area contributed by atoms with E-state index in [0.717, 1.165) is 11.2 Å². The summed E-state index contributed by atoms with van der Waals surface area (Å²) in [6.45, 7) is 6.66. The normalized spacial score (nSPS) is 13.3. The second-order valence-corrected chi connectivity index (χ2v) is 4.34. The van der Waals surface area contributed by atoms with Gasteiger partial charge in [0.2, 0.25) is 0 Å². The SMILES string of the molecule is CC(C)C(C)c1cc2cccnc2cn1. The molecule has 78 valence electrons. The molecule has 0 aromatic carbocycles. The minimum absolute atomic E-state index is 0.495. The van der Waals surface area contributed by atoms with Crippen LogP contribution in [0.3, 0.4) is 0 Å². The predicted molar refractivity (Wildman–Crippen MR) is 62.8 cm³/mol. The molecule has 2 heterocycles. The fourth-order valence-electron chi connectivity index (χ4n) is 1.58. The zero-order valence-electron chi connectivity index (χ0n) is 9.44. The third-order valence-corrected chi connectivity index (χ3v) is 2.98. The lowest BCUT2D eigenvalue weighted by atomic mass is 9.94. The van der Waals surface area contributed by atoms with Crippen molar-refractivity contribution < 1.29 is 0 Å². The molecule has 0 saturated heterocycles. The Morgan fingerprint density at radius 2 is 1.93 bits per heavy atom. The van der Waals surface area contributed by atoms with Crippen LogP contribution in [-0.4, -0.2) is 9.97 Å². The van der Waals surface area contributed by atoms with Gasteiger partial charge in [-0.05, 0) is 18.1 Å². The molecule has 0 spiro atoms. The summed E-state index contributed by atoms with van der Waals surface area (Å²) in [4.78, 5) is 8.73. The van der Waals surface area contributed by atoms with Gasteiger partial charge in [0, 0.05) is 23.2 Å². The Hall–Kier alpha value is -1.44. The van der Waals surface area contributed by atoms with Crippen LogP contribution in [-0.2, 0) is 0 Å². The Kier molecular flexibility index (Phi) is 2.67. The van der Waals surface area contributed by atoms with Gasteiger partial charge in [-0.15, -0.1) is 0 Å². The van der Waals surface area contributed by atoms with Crippen molar-refractivity contribution in [1.29, 1.82) is 0 Å². The van der Waals surface area contributed by atoms with Crippen LogP contribution in [0.2, 0.25) is 0 Å². The number of nitrogens with zero attached hydrogens (tertiary/aromatic N) is 2. The highest BCUT2D eigenvalue weighted by molar-refractivity contribution is 5.77. The van der Waals surface area contributed by atoms with Crippen molar-refractivity contribution in [3.63, 3.8) is 0 Å². The highest BCUT2D eigenvalue weighted by Crippen LogP contribution is 2.23. The quantitative estimate of drug-likeness (QED) is 0.742. The first-order valence-corrected chi connectivity index (χ1v) is 5.39. The van der Waals surface area contributed by atoms with Gasteiger partial charge < -0.3 is 0 Å². The minimum atomic E-state index is 0.495. The smallest absolute Gasteiger partial charge is 0.0885 e. The summed E-state index contributed by atoms with van der Waals surface area (Å²) in [5.41, 5.74) is 2.13. The molecule has 0 aliphatic rings.